The van der Waals surface area contributed by atoms with Crippen LogP contribution in [0, 0.1) is 28.6 Å². The van der Waals surface area contributed by atoms with Gasteiger partial charge in [-0.15, -0.1) is 0 Å². The first-order valence-electron chi connectivity index (χ1n) is 10.5. The van der Waals surface area contributed by atoms with Gasteiger partial charge in [0.2, 0.25) is 0 Å². The summed E-state index contributed by atoms with van der Waals surface area (Å²) in [5.41, 5.74) is 1.80. The lowest BCUT2D eigenvalue weighted by atomic mass is 9.48. The lowest BCUT2D eigenvalue weighted by Crippen LogP contribution is -2.51. The summed E-state index contributed by atoms with van der Waals surface area (Å²) < 4.78 is 2.13. The van der Waals surface area contributed by atoms with E-state index < -0.39 is 0 Å². The van der Waals surface area contributed by atoms with Crippen LogP contribution in [0.25, 0.3) is 0 Å². The first kappa shape index (κ1) is 17.0. The van der Waals surface area contributed by atoms with Gasteiger partial charge < -0.3 is 14.8 Å². The van der Waals surface area contributed by atoms with E-state index in [0.29, 0.717) is 17.8 Å². The average Bonchev–Trinajstić information content (AvgIpc) is 3.23. The summed E-state index contributed by atoms with van der Waals surface area (Å²) in [5.74, 6) is 1.95. The lowest BCUT2D eigenvalue weighted by molar-refractivity contribution is -0.0743. The number of hydrogen-bond donors (Lipinski definition) is 2. The Morgan fingerprint density at radius 2 is 2.00 bits per heavy atom. The summed E-state index contributed by atoms with van der Waals surface area (Å²) in [6, 6.07) is 0.164. The predicted octanol–water partition coefficient (Wildman–Crippen LogP) is 3.72. The third-order valence-corrected chi connectivity index (χ3v) is 8.96. The van der Waals surface area contributed by atoms with Crippen LogP contribution in [0.3, 0.4) is 0 Å². The standard InChI is InChI=1S/C22H32N2O2/c1-21-7-5-15(25)11-14(21)3-4-16-17(21)6-8-22(2)18(16)12-19(20(22)26)24-10-9-23-13-24/h3,9-10,13,15-20,25-26H,4-8,11-12H2,1-2H3/t15-,16+,17-,18-,19-,20-,21-,22-/m0/s1. The molecule has 0 unspecified atom stereocenters. The van der Waals surface area contributed by atoms with Gasteiger partial charge in [0.05, 0.1) is 24.6 Å². The predicted molar refractivity (Wildman–Crippen MR) is 100 cm³/mol. The highest BCUT2D eigenvalue weighted by atomic mass is 16.3. The molecule has 1 heterocycles. The van der Waals surface area contributed by atoms with E-state index in [4.69, 9.17) is 0 Å². The Morgan fingerprint density at radius 3 is 2.77 bits per heavy atom. The Kier molecular flexibility index (Phi) is 3.72. The minimum absolute atomic E-state index is 0.0198. The summed E-state index contributed by atoms with van der Waals surface area (Å²) in [7, 11) is 0. The maximum Gasteiger partial charge on any atom is 0.0949 e. The van der Waals surface area contributed by atoms with E-state index in [1.807, 2.05) is 18.7 Å². The largest absolute Gasteiger partial charge is 0.393 e. The smallest absolute Gasteiger partial charge is 0.0949 e. The van der Waals surface area contributed by atoms with E-state index in [1.54, 1.807) is 0 Å². The molecule has 0 saturated heterocycles. The maximum absolute atomic E-state index is 11.2. The van der Waals surface area contributed by atoms with Gasteiger partial charge >= 0.3 is 0 Å². The molecule has 1 aromatic heterocycles. The molecule has 1 aromatic rings. The fourth-order valence-electron chi connectivity index (χ4n) is 7.38. The zero-order valence-corrected chi connectivity index (χ0v) is 16.0. The maximum atomic E-state index is 11.2. The summed E-state index contributed by atoms with van der Waals surface area (Å²) in [6.45, 7) is 4.80. The van der Waals surface area contributed by atoms with Crippen molar-refractivity contribution in [2.45, 2.75) is 77.0 Å². The fraction of sp³-hybridized carbons (Fsp3) is 0.773. The van der Waals surface area contributed by atoms with E-state index >= 15 is 0 Å². The van der Waals surface area contributed by atoms with Crippen LogP contribution in [-0.2, 0) is 0 Å². The second kappa shape index (κ2) is 5.68. The van der Waals surface area contributed by atoms with E-state index in [0.717, 1.165) is 38.5 Å². The summed E-state index contributed by atoms with van der Waals surface area (Å²) >= 11 is 0. The summed E-state index contributed by atoms with van der Waals surface area (Å²) in [6.07, 6.45) is 15.2. The Labute approximate surface area is 156 Å². The van der Waals surface area contributed by atoms with Crippen LogP contribution in [0.4, 0.5) is 0 Å². The van der Waals surface area contributed by atoms with Gasteiger partial charge in [0, 0.05) is 12.4 Å². The Hall–Kier alpha value is -1.13. The van der Waals surface area contributed by atoms with Gasteiger partial charge in [0.1, 0.15) is 0 Å². The van der Waals surface area contributed by atoms with Gasteiger partial charge in [-0.1, -0.05) is 25.5 Å². The van der Waals surface area contributed by atoms with E-state index in [9.17, 15) is 10.2 Å². The average molecular weight is 357 g/mol. The quantitative estimate of drug-likeness (QED) is 0.754. The molecule has 26 heavy (non-hydrogen) atoms. The minimum Gasteiger partial charge on any atom is -0.393 e. The van der Waals surface area contributed by atoms with Crippen LogP contribution in [0.1, 0.15) is 64.8 Å². The highest BCUT2D eigenvalue weighted by molar-refractivity contribution is 5.25. The molecule has 3 fully saturated rings. The molecule has 4 nitrogen and oxygen atoms in total. The molecule has 142 valence electrons. The number of aliphatic hydroxyl groups excluding tert-OH is 2. The van der Waals surface area contributed by atoms with Crippen molar-refractivity contribution in [3.8, 4) is 0 Å². The number of aromatic nitrogens is 2. The molecule has 4 aliphatic rings. The third kappa shape index (κ3) is 2.18. The number of hydrogen-bond acceptors (Lipinski definition) is 3. The van der Waals surface area contributed by atoms with E-state index in [-0.39, 0.29) is 29.1 Å². The molecular formula is C22H32N2O2. The van der Waals surface area contributed by atoms with Crippen molar-refractivity contribution in [2.75, 3.05) is 0 Å². The molecule has 5 rings (SSSR count). The number of allylic oxidation sites excluding steroid dienone is 1. The molecular weight excluding hydrogens is 324 g/mol. The van der Waals surface area contributed by atoms with Crippen LogP contribution in [0.15, 0.2) is 30.4 Å². The Morgan fingerprint density at radius 1 is 1.15 bits per heavy atom. The topological polar surface area (TPSA) is 58.3 Å². The Balaban J connectivity index is 1.48. The van der Waals surface area contributed by atoms with Crippen LogP contribution in [0.5, 0.6) is 0 Å². The molecule has 0 radical (unpaired) electrons. The highest BCUT2D eigenvalue weighted by Gasteiger charge is 2.61. The van der Waals surface area contributed by atoms with Crippen molar-refractivity contribution in [1.82, 2.24) is 9.55 Å². The number of rotatable bonds is 1. The van der Waals surface area contributed by atoms with Gasteiger partial charge in [-0.2, -0.15) is 0 Å². The van der Waals surface area contributed by atoms with Gasteiger partial charge in [0.25, 0.3) is 0 Å². The molecule has 4 heteroatoms. The van der Waals surface area contributed by atoms with Crippen molar-refractivity contribution < 1.29 is 10.2 Å². The molecule has 8 atom stereocenters. The SMILES string of the molecule is C[C@]12CC[C@H]3[C@@H](CC=C4C[C@@H](O)CC[C@@]43C)[C@@H]1C[C@H](n1ccnc1)[C@@H]2O. The molecule has 0 aromatic carbocycles. The van der Waals surface area contributed by atoms with Gasteiger partial charge in [0.15, 0.2) is 0 Å². The molecule has 0 amide bonds. The number of nitrogens with zero attached hydrogens (tertiary/aromatic N) is 2. The fourth-order valence-corrected chi connectivity index (χ4v) is 7.38. The second-order valence-electron chi connectivity index (χ2n) is 9.96. The van der Waals surface area contributed by atoms with Crippen molar-refractivity contribution in [3.05, 3.63) is 30.4 Å². The number of imidazole rings is 1. The number of fused-ring (bicyclic) bond motifs is 5. The normalized spacial score (nSPS) is 50.5. The first-order chi connectivity index (χ1) is 12.4. The molecule has 0 bridgehead atoms. The van der Waals surface area contributed by atoms with Gasteiger partial charge in [-0.3, -0.25) is 0 Å². The van der Waals surface area contributed by atoms with E-state index in [2.05, 4.69) is 29.5 Å². The highest BCUT2D eigenvalue weighted by Crippen LogP contribution is 2.66. The zero-order valence-electron chi connectivity index (χ0n) is 16.0. The monoisotopic (exact) mass is 356 g/mol. The van der Waals surface area contributed by atoms with Crippen LogP contribution >= 0.6 is 0 Å². The molecule has 4 aliphatic carbocycles. The van der Waals surface area contributed by atoms with Crippen LogP contribution in [-0.4, -0.2) is 32.0 Å². The molecule has 0 aliphatic heterocycles. The Bertz CT molecular complexity index is 714. The van der Waals surface area contributed by atoms with Crippen molar-refractivity contribution in [2.24, 2.45) is 28.6 Å². The van der Waals surface area contributed by atoms with Crippen molar-refractivity contribution >= 4 is 0 Å². The second-order valence-corrected chi connectivity index (χ2v) is 9.96. The zero-order chi connectivity index (χ0) is 18.1. The molecule has 3 saturated carbocycles. The summed E-state index contributed by atoms with van der Waals surface area (Å²) in [5, 5.41) is 21.4. The van der Waals surface area contributed by atoms with Crippen molar-refractivity contribution in [1.29, 1.82) is 0 Å². The third-order valence-electron chi connectivity index (χ3n) is 8.96. The van der Waals surface area contributed by atoms with Gasteiger partial charge in [-0.05, 0) is 73.5 Å². The van der Waals surface area contributed by atoms with Crippen LogP contribution < -0.4 is 0 Å². The lowest BCUT2D eigenvalue weighted by Gasteiger charge is -2.57. The van der Waals surface area contributed by atoms with E-state index in [1.165, 1.54) is 12.0 Å². The summed E-state index contributed by atoms with van der Waals surface area (Å²) in [4.78, 5) is 4.21. The first-order valence-corrected chi connectivity index (χ1v) is 10.5. The number of aliphatic hydroxyl groups is 2. The molecule has 2 N–H and O–H groups in total. The van der Waals surface area contributed by atoms with Gasteiger partial charge in [-0.25, -0.2) is 4.98 Å². The molecule has 0 spiro atoms. The van der Waals surface area contributed by atoms with Crippen LogP contribution in [0.2, 0.25) is 0 Å². The minimum atomic E-state index is -0.283. The van der Waals surface area contributed by atoms with Crippen molar-refractivity contribution in [3.63, 3.8) is 0 Å².